The highest BCUT2D eigenvalue weighted by Crippen LogP contribution is 2.22. The van der Waals surface area contributed by atoms with Gasteiger partial charge in [0.25, 0.3) is 0 Å². The van der Waals surface area contributed by atoms with Crippen molar-refractivity contribution in [1.29, 1.82) is 0 Å². The standard InChI is InChI=1S/C21H31FN6O2.HI/c1-4-23-20(25-15-21(2,29)17-13-26-27(3)14-17)24-12-16-5-6-19(18(22)11-16)28-7-9-30-10-8-28;/h5-6,11,13-14,29H,4,7-10,12,15H2,1-3H3,(H2,23,24,25);1H. The van der Waals surface area contributed by atoms with Crippen LogP contribution in [0.3, 0.4) is 0 Å². The fourth-order valence-electron chi connectivity index (χ4n) is 3.28. The molecular weight excluding hydrogens is 514 g/mol. The van der Waals surface area contributed by atoms with Crippen LogP contribution in [0.4, 0.5) is 10.1 Å². The molecule has 0 radical (unpaired) electrons. The summed E-state index contributed by atoms with van der Waals surface area (Å²) in [6, 6.07) is 5.23. The van der Waals surface area contributed by atoms with Crippen molar-refractivity contribution in [2.45, 2.75) is 26.0 Å². The Morgan fingerprint density at radius 2 is 2.06 bits per heavy atom. The predicted molar refractivity (Wildman–Crippen MR) is 130 cm³/mol. The van der Waals surface area contributed by atoms with Crippen molar-refractivity contribution >= 4 is 35.6 Å². The molecular formula is C21H32FIN6O2. The average molecular weight is 546 g/mol. The Labute approximate surface area is 199 Å². The van der Waals surface area contributed by atoms with Gasteiger partial charge in [-0.05, 0) is 31.5 Å². The number of anilines is 1. The first-order chi connectivity index (χ1) is 14.4. The molecule has 1 aromatic heterocycles. The van der Waals surface area contributed by atoms with Gasteiger partial charge in [-0.3, -0.25) is 4.68 Å². The summed E-state index contributed by atoms with van der Waals surface area (Å²) in [5, 5.41) is 21.1. The van der Waals surface area contributed by atoms with Crippen LogP contribution in [-0.2, 0) is 23.9 Å². The minimum absolute atomic E-state index is 0. The zero-order chi connectivity index (χ0) is 21.6. The van der Waals surface area contributed by atoms with E-state index in [9.17, 15) is 9.50 Å². The molecule has 3 N–H and O–H groups in total. The molecule has 172 valence electrons. The van der Waals surface area contributed by atoms with E-state index >= 15 is 0 Å². The van der Waals surface area contributed by atoms with Crippen LogP contribution in [0.5, 0.6) is 0 Å². The molecule has 3 rings (SSSR count). The maximum atomic E-state index is 14.6. The van der Waals surface area contributed by atoms with Crippen molar-refractivity contribution in [1.82, 2.24) is 20.4 Å². The van der Waals surface area contributed by atoms with Gasteiger partial charge in [0.15, 0.2) is 5.96 Å². The Bertz CT molecular complexity index is 867. The van der Waals surface area contributed by atoms with Crippen molar-refractivity contribution < 1.29 is 14.2 Å². The highest BCUT2D eigenvalue weighted by atomic mass is 127. The van der Waals surface area contributed by atoms with Crippen molar-refractivity contribution in [2.75, 3.05) is 44.3 Å². The quantitative estimate of drug-likeness (QED) is 0.280. The van der Waals surface area contributed by atoms with E-state index in [1.165, 1.54) is 6.07 Å². The number of aliphatic imine (C=N–C) groups is 1. The number of hydrogen-bond acceptors (Lipinski definition) is 5. The Morgan fingerprint density at radius 3 is 2.68 bits per heavy atom. The van der Waals surface area contributed by atoms with E-state index < -0.39 is 5.60 Å². The van der Waals surface area contributed by atoms with Gasteiger partial charge >= 0.3 is 0 Å². The lowest BCUT2D eigenvalue weighted by Gasteiger charge is -2.29. The number of hydrogen-bond donors (Lipinski definition) is 3. The first-order valence-electron chi connectivity index (χ1n) is 10.2. The molecule has 10 heteroatoms. The highest BCUT2D eigenvalue weighted by molar-refractivity contribution is 14.0. The SMILES string of the molecule is CCNC(=NCc1ccc(N2CCOCC2)c(F)c1)NCC(C)(O)c1cnn(C)c1.I. The second-order valence-corrected chi connectivity index (χ2v) is 7.61. The van der Waals surface area contributed by atoms with Gasteiger partial charge < -0.3 is 25.4 Å². The molecule has 1 unspecified atom stereocenters. The fraction of sp³-hybridized carbons (Fsp3) is 0.524. The molecule has 1 saturated heterocycles. The first kappa shape index (κ1) is 25.3. The van der Waals surface area contributed by atoms with E-state index in [0.717, 1.165) is 5.56 Å². The number of guanidine groups is 1. The predicted octanol–water partition coefficient (Wildman–Crippen LogP) is 1.98. The zero-order valence-electron chi connectivity index (χ0n) is 18.3. The summed E-state index contributed by atoms with van der Waals surface area (Å²) < 4.78 is 21.6. The highest BCUT2D eigenvalue weighted by Gasteiger charge is 2.25. The van der Waals surface area contributed by atoms with Crippen molar-refractivity contribution in [3.63, 3.8) is 0 Å². The smallest absolute Gasteiger partial charge is 0.191 e. The van der Waals surface area contributed by atoms with Gasteiger partial charge in [-0.2, -0.15) is 5.10 Å². The number of nitrogens with one attached hydrogen (secondary N) is 2. The average Bonchev–Trinajstić information content (AvgIpc) is 3.18. The van der Waals surface area contributed by atoms with Crippen molar-refractivity contribution in [2.24, 2.45) is 12.0 Å². The van der Waals surface area contributed by atoms with Crippen molar-refractivity contribution in [3.8, 4) is 0 Å². The number of aromatic nitrogens is 2. The number of benzene rings is 1. The number of ether oxygens (including phenoxy) is 1. The summed E-state index contributed by atoms with van der Waals surface area (Å²) in [4.78, 5) is 6.53. The van der Waals surface area contributed by atoms with Gasteiger partial charge in [-0.15, -0.1) is 24.0 Å². The van der Waals surface area contributed by atoms with Crippen LogP contribution in [0.15, 0.2) is 35.6 Å². The van der Waals surface area contributed by atoms with Gasteiger partial charge in [-0.25, -0.2) is 9.38 Å². The van der Waals surface area contributed by atoms with E-state index in [1.54, 1.807) is 30.1 Å². The zero-order valence-corrected chi connectivity index (χ0v) is 20.6. The second kappa shape index (κ2) is 11.6. The molecule has 0 spiro atoms. The summed E-state index contributed by atoms with van der Waals surface area (Å²) in [6.45, 7) is 7.57. The van der Waals surface area contributed by atoms with Crippen LogP contribution < -0.4 is 15.5 Å². The molecule has 1 aliphatic heterocycles. The van der Waals surface area contributed by atoms with E-state index in [2.05, 4.69) is 20.7 Å². The largest absolute Gasteiger partial charge is 0.383 e. The number of nitrogens with zero attached hydrogens (tertiary/aromatic N) is 4. The number of aliphatic hydroxyl groups is 1. The van der Waals surface area contributed by atoms with Crippen LogP contribution in [0.25, 0.3) is 0 Å². The molecule has 1 fully saturated rings. The summed E-state index contributed by atoms with van der Waals surface area (Å²) in [7, 11) is 1.81. The third-order valence-corrected chi connectivity index (χ3v) is 5.05. The number of halogens is 2. The summed E-state index contributed by atoms with van der Waals surface area (Å²) >= 11 is 0. The molecule has 2 aromatic rings. The third kappa shape index (κ3) is 7.04. The van der Waals surface area contributed by atoms with Crippen LogP contribution in [0.2, 0.25) is 0 Å². The van der Waals surface area contributed by atoms with E-state index in [-0.39, 0.29) is 36.3 Å². The molecule has 1 atom stereocenters. The molecule has 0 saturated carbocycles. The lowest BCUT2D eigenvalue weighted by atomic mass is 10.00. The molecule has 1 aromatic carbocycles. The molecule has 0 bridgehead atoms. The Kier molecular flexibility index (Phi) is 9.51. The molecule has 1 aliphatic rings. The lowest BCUT2D eigenvalue weighted by Crippen LogP contribution is -2.44. The second-order valence-electron chi connectivity index (χ2n) is 7.61. The lowest BCUT2D eigenvalue weighted by molar-refractivity contribution is 0.0616. The Hall–Kier alpha value is -1.92. The number of aryl methyl sites for hydroxylation is 1. The maximum absolute atomic E-state index is 14.6. The van der Waals surface area contributed by atoms with Crippen LogP contribution in [-0.4, -0.2) is 60.2 Å². The van der Waals surface area contributed by atoms with Crippen LogP contribution in [0.1, 0.15) is 25.0 Å². The van der Waals surface area contributed by atoms with E-state index in [1.807, 2.05) is 24.9 Å². The first-order valence-corrected chi connectivity index (χ1v) is 10.2. The fourth-order valence-corrected chi connectivity index (χ4v) is 3.28. The monoisotopic (exact) mass is 546 g/mol. The summed E-state index contributed by atoms with van der Waals surface area (Å²) in [5.74, 6) is 0.307. The van der Waals surface area contributed by atoms with Crippen LogP contribution in [0, 0.1) is 5.82 Å². The van der Waals surface area contributed by atoms with E-state index in [0.29, 0.717) is 56.6 Å². The Morgan fingerprint density at radius 1 is 1.32 bits per heavy atom. The minimum atomic E-state index is -1.10. The normalized spacial score (nSPS) is 16.4. The maximum Gasteiger partial charge on any atom is 0.191 e. The number of rotatable bonds is 7. The molecule has 8 nitrogen and oxygen atoms in total. The summed E-state index contributed by atoms with van der Waals surface area (Å²) in [5.41, 5.74) is 0.995. The molecule has 0 amide bonds. The third-order valence-electron chi connectivity index (χ3n) is 5.05. The van der Waals surface area contributed by atoms with E-state index in [4.69, 9.17) is 4.74 Å². The van der Waals surface area contributed by atoms with Crippen LogP contribution >= 0.6 is 24.0 Å². The minimum Gasteiger partial charge on any atom is -0.383 e. The number of morpholine rings is 1. The Balaban J connectivity index is 0.00000341. The van der Waals surface area contributed by atoms with Crippen molar-refractivity contribution in [3.05, 3.63) is 47.5 Å². The molecule has 31 heavy (non-hydrogen) atoms. The topological polar surface area (TPSA) is 86.9 Å². The summed E-state index contributed by atoms with van der Waals surface area (Å²) in [6.07, 6.45) is 3.43. The van der Waals surface area contributed by atoms with Gasteiger partial charge in [0.2, 0.25) is 0 Å². The molecule has 2 heterocycles. The van der Waals surface area contributed by atoms with Gasteiger partial charge in [-0.1, -0.05) is 6.07 Å². The van der Waals surface area contributed by atoms with Gasteiger partial charge in [0, 0.05) is 38.4 Å². The van der Waals surface area contributed by atoms with Gasteiger partial charge in [0.05, 0.1) is 38.2 Å². The molecule has 0 aliphatic carbocycles. The van der Waals surface area contributed by atoms with Gasteiger partial charge in [0.1, 0.15) is 11.4 Å².